The maximum Gasteiger partial charge on any atom is 0.0365 e. The third-order valence-electron chi connectivity index (χ3n) is 3.21. The lowest BCUT2D eigenvalue weighted by Crippen LogP contribution is -2.32. The van der Waals surface area contributed by atoms with Crippen LogP contribution in [0.4, 0.5) is 0 Å². The highest BCUT2D eigenvalue weighted by Gasteiger charge is 2.31. The van der Waals surface area contributed by atoms with E-state index in [1.54, 1.807) is 0 Å². The zero-order chi connectivity index (χ0) is 11.0. The lowest BCUT2D eigenvalue weighted by molar-refractivity contribution is 0.396. The number of hydrogen-bond donors (Lipinski definition) is 1. The van der Waals surface area contributed by atoms with Crippen molar-refractivity contribution >= 4 is 27.7 Å². The van der Waals surface area contributed by atoms with Gasteiger partial charge in [-0.2, -0.15) is 0 Å². The van der Waals surface area contributed by atoms with E-state index in [1.807, 2.05) is 11.8 Å². The van der Waals surface area contributed by atoms with Crippen LogP contribution in [0, 0.1) is 5.92 Å². The minimum atomic E-state index is 0.480. The lowest BCUT2D eigenvalue weighted by atomic mass is 9.91. The molecule has 0 spiro atoms. The van der Waals surface area contributed by atoms with Crippen molar-refractivity contribution in [1.29, 1.82) is 0 Å². The summed E-state index contributed by atoms with van der Waals surface area (Å²) in [6, 6.07) is 6.96. The Morgan fingerprint density at radius 1 is 1.33 bits per heavy atom. The molecule has 82 valence electrons. The van der Waals surface area contributed by atoms with Crippen LogP contribution in [0.5, 0.6) is 0 Å². The fourth-order valence-corrected chi connectivity index (χ4v) is 4.08. The van der Waals surface area contributed by atoms with Crippen LogP contribution in [-0.2, 0) is 0 Å². The summed E-state index contributed by atoms with van der Waals surface area (Å²) >= 11 is 5.62. The van der Waals surface area contributed by atoms with Crippen molar-refractivity contribution in [3.63, 3.8) is 0 Å². The van der Waals surface area contributed by atoms with Crippen molar-refractivity contribution in [2.45, 2.75) is 30.0 Å². The van der Waals surface area contributed by atoms with Gasteiger partial charge in [0.15, 0.2) is 0 Å². The van der Waals surface area contributed by atoms with Crippen LogP contribution in [0.3, 0.4) is 0 Å². The molecule has 0 amide bonds. The quantitative estimate of drug-likeness (QED) is 0.842. The number of benzene rings is 1. The van der Waals surface area contributed by atoms with E-state index in [-0.39, 0.29) is 0 Å². The average Bonchev–Trinajstić information content (AvgIpc) is 2.22. The molecule has 0 saturated carbocycles. The van der Waals surface area contributed by atoms with E-state index in [9.17, 15) is 0 Å². The van der Waals surface area contributed by atoms with Gasteiger partial charge >= 0.3 is 0 Å². The normalized spacial score (nSPS) is 30.0. The SMILES string of the molecule is CNC1c2cccc(Br)c2SC(C)C1C. The molecular weight excluding hydrogens is 270 g/mol. The van der Waals surface area contributed by atoms with E-state index in [1.165, 1.54) is 14.9 Å². The van der Waals surface area contributed by atoms with Gasteiger partial charge in [-0.1, -0.05) is 26.0 Å². The lowest BCUT2D eigenvalue weighted by Gasteiger charge is -2.35. The Bertz CT molecular complexity index is 367. The Kier molecular flexibility index (Phi) is 3.43. The van der Waals surface area contributed by atoms with Gasteiger partial charge in [0.2, 0.25) is 0 Å². The second-order valence-corrected chi connectivity index (χ2v) is 6.35. The second-order valence-electron chi connectivity index (χ2n) is 4.11. The van der Waals surface area contributed by atoms with Crippen molar-refractivity contribution < 1.29 is 0 Å². The van der Waals surface area contributed by atoms with Gasteiger partial charge < -0.3 is 5.32 Å². The Balaban J connectivity index is 2.49. The molecule has 1 aliphatic heterocycles. The third kappa shape index (κ3) is 1.97. The number of fused-ring (bicyclic) bond motifs is 1. The van der Waals surface area contributed by atoms with Gasteiger partial charge in [0, 0.05) is 20.7 Å². The predicted molar refractivity (Wildman–Crippen MR) is 70.4 cm³/mol. The topological polar surface area (TPSA) is 12.0 Å². The molecule has 0 bridgehead atoms. The smallest absolute Gasteiger partial charge is 0.0365 e. The fourth-order valence-electron chi connectivity index (χ4n) is 2.16. The van der Waals surface area contributed by atoms with E-state index >= 15 is 0 Å². The molecule has 1 aliphatic rings. The average molecular weight is 286 g/mol. The first-order chi connectivity index (χ1) is 7.15. The molecular formula is C12H16BrNS. The van der Waals surface area contributed by atoms with Crippen LogP contribution in [0.25, 0.3) is 0 Å². The minimum Gasteiger partial charge on any atom is -0.313 e. The number of rotatable bonds is 1. The van der Waals surface area contributed by atoms with Gasteiger partial charge in [-0.25, -0.2) is 0 Å². The Hall–Kier alpha value is 0.01000. The van der Waals surface area contributed by atoms with Gasteiger partial charge in [-0.15, -0.1) is 11.8 Å². The van der Waals surface area contributed by atoms with Crippen molar-refractivity contribution in [1.82, 2.24) is 5.32 Å². The summed E-state index contributed by atoms with van der Waals surface area (Å²) in [6.45, 7) is 4.63. The number of nitrogens with one attached hydrogen (secondary N) is 1. The van der Waals surface area contributed by atoms with Crippen molar-refractivity contribution in [3.05, 3.63) is 28.2 Å². The molecule has 0 fully saturated rings. The Morgan fingerprint density at radius 3 is 2.73 bits per heavy atom. The van der Waals surface area contributed by atoms with Gasteiger partial charge in [0.25, 0.3) is 0 Å². The predicted octanol–water partition coefficient (Wildman–Crippen LogP) is 3.84. The number of hydrogen-bond acceptors (Lipinski definition) is 2. The molecule has 1 N–H and O–H groups in total. The van der Waals surface area contributed by atoms with E-state index in [2.05, 4.69) is 60.3 Å². The standard InChI is InChI=1S/C12H16BrNS/c1-7-8(2)15-12-9(11(7)14-3)5-4-6-10(12)13/h4-8,11,14H,1-3H3. The highest BCUT2D eigenvalue weighted by atomic mass is 79.9. The van der Waals surface area contributed by atoms with Gasteiger partial charge in [0.1, 0.15) is 0 Å². The van der Waals surface area contributed by atoms with Crippen molar-refractivity contribution in [3.8, 4) is 0 Å². The Morgan fingerprint density at radius 2 is 2.07 bits per heavy atom. The summed E-state index contributed by atoms with van der Waals surface area (Å²) in [4.78, 5) is 1.41. The van der Waals surface area contributed by atoms with E-state index in [0.29, 0.717) is 17.2 Å². The van der Waals surface area contributed by atoms with E-state index < -0.39 is 0 Å². The van der Waals surface area contributed by atoms with Crippen LogP contribution in [0.15, 0.2) is 27.6 Å². The molecule has 1 nitrogen and oxygen atoms in total. The fraction of sp³-hybridized carbons (Fsp3) is 0.500. The highest BCUT2D eigenvalue weighted by molar-refractivity contribution is 9.10. The number of thioether (sulfide) groups is 1. The molecule has 2 rings (SSSR count). The molecule has 3 unspecified atom stereocenters. The monoisotopic (exact) mass is 285 g/mol. The highest BCUT2D eigenvalue weighted by Crippen LogP contribution is 2.46. The maximum absolute atomic E-state index is 3.64. The van der Waals surface area contributed by atoms with Gasteiger partial charge in [0.05, 0.1) is 0 Å². The molecule has 0 saturated heterocycles. The summed E-state index contributed by atoms with van der Waals surface area (Å²) in [5.74, 6) is 0.668. The zero-order valence-corrected chi connectivity index (χ0v) is 11.7. The molecule has 3 atom stereocenters. The summed E-state index contributed by atoms with van der Waals surface area (Å²) < 4.78 is 1.23. The minimum absolute atomic E-state index is 0.480. The van der Waals surface area contributed by atoms with Crippen LogP contribution < -0.4 is 5.32 Å². The first kappa shape index (κ1) is 11.5. The maximum atomic E-state index is 3.64. The van der Waals surface area contributed by atoms with Crippen LogP contribution in [0.2, 0.25) is 0 Å². The molecule has 0 radical (unpaired) electrons. The number of halogens is 1. The zero-order valence-electron chi connectivity index (χ0n) is 9.25. The molecule has 1 heterocycles. The van der Waals surface area contributed by atoms with Crippen LogP contribution in [0.1, 0.15) is 25.5 Å². The van der Waals surface area contributed by atoms with E-state index in [0.717, 1.165) is 0 Å². The third-order valence-corrected chi connectivity index (χ3v) is 5.63. The van der Waals surface area contributed by atoms with Gasteiger partial charge in [-0.3, -0.25) is 0 Å². The summed E-state index contributed by atoms with van der Waals surface area (Å²) in [6.07, 6.45) is 0. The summed E-state index contributed by atoms with van der Waals surface area (Å²) in [5, 5.41) is 4.09. The van der Waals surface area contributed by atoms with Crippen LogP contribution in [-0.4, -0.2) is 12.3 Å². The summed E-state index contributed by atoms with van der Waals surface area (Å²) in [5.41, 5.74) is 1.43. The van der Waals surface area contributed by atoms with Crippen LogP contribution >= 0.6 is 27.7 Å². The molecule has 0 aliphatic carbocycles. The Labute approximate surface area is 104 Å². The first-order valence-corrected chi connectivity index (χ1v) is 6.94. The largest absolute Gasteiger partial charge is 0.313 e. The van der Waals surface area contributed by atoms with Gasteiger partial charge in [-0.05, 0) is 40.5 Å². The molecule has 1 aromatic carbocycles. The van der Waals surface area contributed by atoms with Crippen molar-refractivity contribution in [2.75, 3.05) is 7.05 Å². The van der Waals surface area contributed by atoms with Crippen molar-refractivity contribution in [2.24, 2.45) is 5.92 Å². The summed E-state index contributed by atoms with van der Waals surface area (Å²) in [7, 11) is 2.05. The second kappa shape index (κ2) is 4.48. The molecule has 15 heavy (non-hydrogen) atoms. The van der Waals surface area contributed by atoms with E-state index in [4.69, 9.17) is 0 Å². The molecule has 0 aromatic heterocycles. The molecule has 1 aromatic rings. The molecule has 3 heteroatoms. The first-order valence-electron chi connectivity index (χ1n) is 5.27.